The van der Waals surface area contributed by atoms with E-state index >= 15 is 0 Å². The van der Waals surface area contributed by atoms with Gasteiger partial charge in [0.25, 0.3) is 0 Å². The molecule has 2 aliphatic rings. The fourth-order valence-electron chi connectivity index (χ4n) is 5.66. The van der Waals surface area contributed by atoms with Crippen LogP contribution in [0.2, 0.25) is 0 Å². The highest BCUT2D eigenvalue weighted by atomic mass is 16.5. The molecule has 1 heterocycles. The van der Waals surface area contributed by atoms with Crippen molar-refractivity contribution < 1.29 is 19.1 Å². The highest BCUT2D eigenvalue weighted by Gasteiger charge is 2.65. The molecule has 1 spiro atoms. The number of nitrogens with zero attached hydrogens (tertiary/aromatic N) is 1. The largest absolute Gasteiger partial charge is 0.463 e. The number of fused-ring (bicyclic) bond motifs is 2. The van der Waals surface area contributed by atoms with Gasteiger partial charge >= 0.3 is 5.97 Å². The molecule has 34 heavy (non-hydrogen) atoms. The first-order valence-corrected chi connectivity index (χ1v) is 11.4. The van der Waals surface area contributed by atoms with Crippen molar-refractivity contribution in [2.45, 2.75) is 31.1 Å². The van der Waals surface area contributed by atoms with Gasteiger partial charge in [0, 0.05) is 24.3 Å². The standard InChI is InChI=1S/C29H25NO4/c1-3-34-27(32)22-18-24(20-12-6-4-7-13-20)29(26(22)21-14-8-5-9-15-21)23-16-10-11-17-25(23)30(19(2)31)28(29)33/h4-18,24,26H,3H2,1-2H3. The van der Waals surface area contributed by atoms with Gasteiger partial charge in [-0.2, -0.15) is 0 Å². The predicted octanol–water partition coefficient (Wildman–Crippen LogP) is 4.89. The monoisotopic (exact) mass is 451 g/mol. The van der Waals surface area contributed by atoms with Crippen LogP contribution in [0.25, 0.3) is 0 Å². The second-order valence-electron chi connectivity index (χ2n) is 8.62. The van der Waals surface area contributed by atoms with E-state index < -0.39 is 23.2 Å². The van der Waals surface area contributed by atoms with Crippen LogP contribution in [0.15, 0.2) is 96.6 Å². The predicted molar refractivity (Wildman–Crippen MR) is 129 cm³/mol. The fraction of sp³-hybridized carbons (Fsp3) is 0.207. The van der Waals surface area contributed by atoms with Gasteiger partial charge in [-0.15, -0.1) is 0 Å². The summed E-state index contributed by atoms with van der Waals surface area (Å²) in [6.07, 6.45) is 1.88. The molecule has 1 aliphatic heterocycles. The Kier molecular flexibility index (Phi) is 5.40. The molecular formula is C29H25NO4. The molecule has 5 nitrogen and oxygen atoms in total. The van der Waals surface area contributed by atoms with Crippen LogP contribution in [0.1, 0.15) is 42.4 Å². The first-order chi connectivity index (χ1) is 16.5. The van der Waals surface area contributed by atoms with E-state index in [1.165, 1.54) is 11.8 Å². The molecule has 3 aromatic rings. The number of ether oxygens (including phenoxy) is 1. The van der Waals surface area contributed by atoms with Gasteiger partial charge in [0.1, 0.15) is 0 Å². The Hall–Kier alpha value is -3.99. The average molecular weight is 452 g/mol. The van der Waals surface area contributed by atoms with E-state index in [1.54, 1.807) is 13.0 Å². The fourth-order valence-corrected chi connectivity index (χ4v) is 5.66. The van der Waals surface area contributed by atoms with E-state index in [9.17, 15) is 14.4 Å². The van der Waals surface area contributed by atoms with Crippen LogP contribution in [0.4, 0.5) is 5.69 Å². The first kappa shape index (κ1) is 21.8. The molecule has 3 unspecified atom stereocenters. The molecule has 3 atom stereocenters. The van der Waals surface area contributed by atoms with Crippen molar-refractivity contribution in [1.29, 1.82) is 0 Å². The Balaban J connectivity index is 1.86. The number of benzene rings is 3. The van der Waals surface area contributed by atoms with Crippen molar-refractivity contribution in [3.8, 4) is 0 Å². The summed E-state index contributed by atoms with van der Waals surface area (Å²) >= 11 is 0. The number of allylic oxidation sites excluding steroid dienone is 1. The molecule has 5 heteroatoms. The number of para-hydroxylation sites is 1. The molecule has 170 valence electrons. The van der Waals surface area contributed by atoms with Crippen LogP contribution in [-0.2, 0) is 24.5 Å². The second kappa shape index (κ2) is 8.41. The van der Waals surface area contributed by atoms with Crippen LogP contribution in [0, 0.1) is 0 Å². The van der Waals surface area contributed by atoms with Gasteiger partial charge in [-0.3, -0.25) is 9.59 Å². The Morgan fingerprint density at radius 2 is 1.47 bits per heavy atom. The average Bonchev–Trinajstić information content (AvgIpc) is 3.34. The van der Waals surface area contributed by atoms with Gasteiger partial charge in [-0.25, -0.2) is 9.69 Å². The van der Waals surface area contributed by atoms with Crippen molar-refractivity contribution in [2.24, 2.45) is 0 Å². The van der Waals surface area contributed by atoms with Gasteiger partial charge in [0.2, 0.25) is 11.8 Å². The zero-order chi connectivity index (χ0) is 23.9. The van der Waals surface area contributed by atoms with Crippen molar-refractivity contribution >= 4 is 23.5 Å². The lowest BCUT2D eigenvalue weighted by Gasteiger charge is -2.37. The SMILES string of the molecule is CCOC(=O)C1=CC(c2ccccc2)C2(C(=O)N(C(C)=O)c3ccccc32)C1c1ccccc1. The lowest BCUT2D eigenvalue weighted by molar-refractivity contribution is -0.138. The number of hydrogen-bond acceptors (Lipinski definition) is 4. The summed E-state index contributed by atoms with van der Waals surface area (Å²) in [5.41, 5.74) is 2.28. The van der Waals surface area contributed by atoms with Gasteiger partial charge in [0.15, 0.2) is 0 Å². The third-order valence-corrected chi connectivity index (χ3v) is 6.87. The van der Waals surface area contributed by atoms with Crippen molar-refractivity contribution in [3.05, 3.63) is 113 Å². The van der Waals surface area contributed by atoms with E-state index in [-0.39, 0.29) is 18.4 Å². The van der Waals surface area contributed by atoms with E-state index in [0.717, 1.165) is 16.7 Å². The number of carbonyl (C=O) groups excluding carboxylic acids is 3. The Bertz CT molecular complexity index is 1300. The van der Waals surface area contributed by atoms with Gasteiger partial charge < -0.3 is 4.74 Å². The number of imide groups is 1. The molecule has 3 aromatic carbocycles. The molecule has 0 saturated heterocycles. The third-order valence-electron chi connectivity index (χ3n) is 6.87. The summed E-state index contributed by atoms with van der Waals surface area (Å²) in [6.45, 7) is 3.39. The maximum Gasteiger partial charge on any atom is 0.334 e. The minimum atomic E-state index is -1.20. The summed E-state index contributed by atoms with van der Waals surface area (Å²) < 4.78 is 5.46. The quantitative estimate of drug-likeness (QED) is 0.530. The molecule has 0 bridgehead atoms. The van der Waals surface area contributed by atoms with Crippen LogP contribution < -0.4 is 4.90 Å². The van der Waals surface area contributed by atoms with E-state index in [2.05, 4.69) is 0 Å². The topological polar surface area (TPSA) is 63.7 Å². The van der Waals surface area contributed by atoms with E-state index in [1.807, 2.05) is 84.9 Å². The summed E-state index contributed by atoms with van der Waals surface area (Å²) in [4.78, 5) is 41.8. The smallest absolute Gasteiger partial charge is 0.334 e. The maximum atomic E-state index is 14.4. The van der Waals surface area contributed by atoms with Gasteiger partial charge in [0.05, 0.1) is 17.7 Å². The Morgan fingerprint density at radius 1 is 0.882 bits per heavy atom. The molecule has 0 N–H and O–H groups in total. The number of esters is 1. The zero-order valence-corrected chi connectivity index (χ0v) is 19.1. The van der Waals surface area contributed by atoms with Crippen LogP contribution in [0.5, 0.6) is 0 Å². The zero-order valence-electron chi connectivity index (χ0n) is 19.1. The molecule has 5 rings (SSSR count). The van der Waals surface area contributed by atoms with Crippen molar-refractivity contribution in [1.82, 2.24) is 0 Å². The van der Waals surface area contributed by atoms with Gasteiger partial charge in [-0.05, 0) is 29.7 Å². The Labute approximate surface area is 198 Å². The lowest BCUT2D eigenvalue weighted by Crippen LogP contribution is -2.48. The summed E-state index contributed by atoms with van der Waals surface area (Å²) in [5.74, 6) is -2.19. The molecule has 2 amide bonds. The highest BCUT2D eigenvalue weighted by molar-refractivity contribution is 6.24. The van der Waals surface area contributed by atoms with Crippen LogP contribution in [-0.4, -0.2) is 24.4 Å². The molecule has 0 aromatic heterocycles. The number of hydrogen-bond donors (Lipinski definition) is 0. The normalized spacial score (nSPS) is 23.1. The number of anilines is 1. The van der Waals surface area contributed by atoms with E-state index in [4.69, 9.17) is 4.74 Å². The summed E-state index contributed by atoms with van der Waals surface area (Å²) in [6, 6.07) is 26.7. The molecular weight excluding hydrogens is 426 g/mol. The minimum Gasteiger partial charge on any atom is -0.463 e. The number of carbonyl (C=O) groups is 3. The number of rotatable bonds is 4. The van der Waals surface area contributed by atoms with Crippen molar-refractivity contribution in [2.75, 3.05) is 11.5 Å². The Morgan fingerprint density at radius 3 is 2.09 bits per heavy atom. The van der Waals surface area contributed by atoms with Gasteiger partial charge in [-0.1, -0.05) is 84.9 Å². The summed E-state index contributed by atoms with van der Waals surface area (Å²) in [5, 5.41) is 0. The maximum absolute atomic E-state index is 14.4. The highest BCUT2D eigenvalue weighted by Crippen LogP contribution is 2.63. The molecule has 0 saturated carbocycles. The minimum absolute atomic E-state index is 0.227. The molecule has 1 aliphatic carbocycles. The third kappa shape index (κ3) is 3.04. The molecule has 0 fully saturated rings. The lowest BCUT2D eigenvalue weighted by atomic mass is 9.62. The van der Waals surface area contributed by atoms with Crippen molar-refractivity contribution in [3.63, 3.8) is 0 Å². The first-order valence-electron chi connectivity index (χ1n) is 11.4. The molecule has 0 radical (unpaired) electrons. The van der Waals surface area contributed by atoms with Crippen LogP contribution in [0.3, 0.4) is 0 Å². The van der Waals surface area contributed by atoms with E-state index in [0.29, 0.717) is 11.3 Å². The summed E-state index contributed by atoms with van der Waals surface area (Å²) in [7, 11) is 0. The number of amides is 2. The second-order valence-corrected chi connectivity index (χ2v) is 8.62. The van der Waals surface area contributed by atoms with Crippen LogP contribution >= 0.6 is 0 Å².